The second-order valence-corrected chi connectivity index (χ2v) is 7.84. The zero-order chi connectivity index (χ0) is 20.1. The summed E-state index contributed by atoms with van der Waals surface area (Å²) in [5.74, 6) is 2.42. The molecule has 2 fully saturated rings. The Morgan fingerprint density at radius 3 is 2.28 bits per heavy atom. The maximum absolute atomic E-state index is 5.54. The second-order valence-electron chi connectivity index (χ2n) is 7.43. The van der Waals surface area contributed by atoms with Crippen LogP contribution in [0, 0.1) is 0 Å². The number of hydrogen-bond donors (Lipinski definition) is 2. The molecule has 0 bridgehead atoms. The van der Waals surface area contributed by atoms with E-state index in [9.17, 15) is 0 Å². The maximum atomic E-state index is 5.54. The van der Waals surface area contributed by atoms with E-state index in [2.05, 4.69) is 45.6 Å². The van der Waals surface area contributed by atoms with E-state index in [4.69, 9.17) is 26.9 Å². The van der Waals surface area contributed by atoms with E-state index in [0.717, 1.165) is 51.0 Å². The van der Waals surface area contributed by atoms with Gasteiger partial charge in [-0.2, -0.15) is 9.97 Å². The van der Waals surface area contributed by atoms with Gasteiger partial charge in [0.1, 0.15) is 11.6 Å². The highest BCUT2D eigenvalue weighted by atomic mass is 32.1. The zero-order valence-electron chi connectivity index (χ0n) is 16.8. The van der Waals surface area contributed by atoms with Crippen molar-refractivity contribution in [3.63, 3.8) is 0 Å². The molecule has 0 aliphatic carbocycles. The number of hydrogen-bond acceptors (Lipinski definition) is 6. The smallest absolute Gasteiger partial charge is 0.232 e. The second kappa shape index (κ2) is 9.37. The third-order valence-corrected chi connectivity index (χ3v) is 5.56. The summed E-state index contributed by atoms with van der Waals surface area (Å²) in [6.07, 6.45) is 2.41. The van der Waals surface area contributed by atoms with E-state index in [1.54, 1.807) is 0 Å². The van der Waals surface area contributed by atoms with E-state index >= 15 is 0 Å². The first kappa shape index (κ1) is 19.8. The summed E-state index contributed by atoms with van der Waals surface area (Å²) < 4.78 is 5.49. The fourth-order valence-electron chi connectivity index (χ4n) is 3.70. The molecular formula is C21H28N6OS. The number of benzene rings is 1. The minimum absolute atomic E-state index is 0.0941. The summed E-state index contributed by atoms with van der Waals surface area (Å²) in [4.78, 5) is 14.1. The van der Waals surface area contributed by atoms with Gasteiger partial charge in [0, 0.05) is 32.2 Å². The van der Waals surface area contributed by atoms with Gasteiger partial charge in [-0.25, -0.2) is 0 Å². The third kappa shape index (κ3) is 5.13. The standard InChI is InChI=1S/C21H28N6OS/c1-16(17-7-3-2-4-8-17)22-21(29)25-20-23-18(26-9-5-6-10-26)15-19(24-20)27-11-13-28-14-12-27/h2-4,7-8,15-16H,5-6,9-14H2,1H3,(H2,22,23,24,25,29). The largest absolute Gasteiger partial charge is 0.378 e. The molecule has 7 nitrogen and oxygen atoms in total. The fourth-order valence-corrected chi connectivity index (χ4v) is 3.97. The molecule has 3 heterocycles. The number of nitrogens with one attached hydrogen (secondary N) is 2. The maximum Gasteiger partial charge on any atom is 0.232 e. The highest BCUT2D eigenvalue weighted by molar-refractivity contribution is 7.80. The van der Waals surface area contributed by atoms with Crippen molar-refractivity contribution in [3.8, 4) is 0 Å². The molecule has 1 unspecified atom stereocenters. The minimum atomic E-state index is 0.0941. The van der Waals surface area contributed by atoms with Crippen molar-refractivity contribution in [3.05, 3.63) is 42.0 Å². The van der Waals surface area contributed by atoms with Gasteiger partial charge in [0.25, 0.3) is 0 Å². The van der Waals surface area contributed by atoms with Crippen LogP contribution in [0.4, 0.5) is 17.6 Å². The summed E-state index contributed by atoms with van der Waals surface area (Å²) in [5, 5.41) is 7.05. The monoisotopic (exact) mass is 412 g/mol. The molecule has 0 radical (unpaired) electrons. The van der Waals surface area contributed by atoms with Crippen molar-refractivity contribution in [1.82, 2.24) is 15.3 Å². The van der Waals surface area contributed by atoms with Crippen molar-refractivity contribution in [2.75, 3.05) is 54.5 Å². The van der Waals surface area contributed by atoms with Crippen LogP contribution in [0.5, 0.6) is 0 Å². The molecule has 2 aromatic rings. The van der Waals surface area contributed by atoms with Crippen LogP contribution in [0.1, 0.15) is 31.4 Å². The lowest BCUT2D eigenvalue weighted by Crippen LogP contribution is -2.37. The summed E-state index contributed by atoms with van der Waals surface area (Å²) in [7, 11) is 0. The molecule has 2 aliphatic heterocycles. The topological polar surface area (TPSA) is 65.6 Å². The molecule has 1 aromatic heterocycles. The van der Waals surface area contributed by atoms with Crippen molar-refractivity contribution < 1.29 is 4.74 Å². The average Bonchev–Trinajstić information content (AvgIpc) is 3.30. The summed E-state index contributed by atoms with van der Waals surface area (Å²) >= 11 is 5.54. The Hall–Kier alpha value is -2.45. The van der Waals surface area contributed by atoms with Crippen molar-refractivity contribution in [2.24, 2.45) is 0 Å². The molecule has 154 valence electrons. The summed E-state index contributed by atoms with van der Waals surface area (Å²) in [5.41, 5.74) is 1.18. The molecule has 1 aromatic carbocycles. The van der Waals surface area contributed by atoms with Crippen LogP contribution < -0.4 is 20.4 Å². The van der Waals surface area contributed by atoms with E-state index in [1.807, 2.05) is 18.2 Å². The van der Waals surface area contributed by atoms with Crippen LogP contribution in [0.2, 0.25) is 0 Å². The predicted octanol–water partition coefficient (Wildman–Crippen LogP) is 2.96. The molecule has 0 spiro atoms. The number of ether oxygens (including phenoxy) is 1. The van der Waals surface area contributed by atoms with Gasteiger partial charge < -0.3 is 25.2 Å². The highest BCUT2D eigenvalue weighted by Crippen LogP contribution is 2.25. The molecule has 2 aliphatic rings. The lowest BCUT2D eigenvalue weighted by Gasteiger charge is -2.29. The van der Waals surface area contributed by atoms with Crippen molar-refractivity contribution in [2.45, 2.75) is 25.8 Å². The van der Waals surface area contributed by atoms with Crippen LogP contribution in [-0.4, -0.2) is 54.5 Å². The Balaban J connectivity index is 1.50. The Morgan fingerprint density at radius 1 is 1.00 bits per heavy atom. The number of thiocarbonyl (C=S) groups is 1. The number of morpholine rings is 1. The molecule has 1 atom stereocenters. The first-order valence-electron chi connectivity index (χ1n) is 10.3. The molecule has 4 rings (SSSR count). The van der Waals surface area contributed by atoms with Gasteiger partial charge in [-0.15, -0.1) is 0 Å². The van der Waals surface area contributed by atoms with Crippen LogP contribution in [0.3, 0.4) is 0 Å². The fraction of sp³-hybridized carbons (Fsp3) is 0.476. The minimum Gasteiger partial charge on any atom is -0.378 e. The van der Waals surface area contributed by atoms with Gasteiger partial charge in [-0.1, -0.05) is 30.3 Å². The Morgan fingerprint density at radius 2 is 1.62 bits per heavy atom. The number of rotatable bonds is 5. The van der Waals surface area contributed by atoms with Gasteiger partial charge in [-0.05, 0) is 37.5 Å². The van der Waals surface area contributed by atoms with Crippen LogP contribution in [0.25, 0.3) is 0 Å². The lowest BCUT2D eigenvalue weighted by molar-refractivity contribution is 0.122. The quantitative estimate of drug-likeness (QED) is 0.727. The van der Waals surface area contributed by atoms with Gasteiger partial charge in [0.05, 0.1) is 19.3 Å². The summed E-state index contributed by atoms with van der Waals surface area (Å²) in [6.45, 7) is 7.28. The van der Waals surface area contributed by atoms with Crippen LogP contribution >= 0.6 is 12.2 Å². The average molecular weight is 413 g/mol. The van der Waals surface area contributed by atoms with Gasteiger partial charge >= 0.3 is 0 Å². The van der Waals surface area contributed by atoms with E-state index in [0.29, 0.717) is 11.1 Å². The first-order chi connectivity index (χ1) is 14.2. The lowest BCUT2D eigenvalue weighted by atomic mass is 10.1. The Bertz CT molecular complexity index is 821. The molecule has 2 saturated heterocycles. The number of nitrogens with zero attached hydrogens (tertiary/aromatic N) is 4. The van der Waals surface area contributed by atoms with Crippen molar-refractivity contribution in [1.29, 1.82) is 0 Å². The highest BCUT2D eigenvalue weighted by Gasteiger charge is 2.20. The Labute approximate surface area is 177 Å². The molecular weight excluding hydrogens is 384 g/mol. The molecule has 8 heteroatoms. The third-order valence-electron chi connectivity index (χ3n) is 5.34. The zero-order valence-corrected chi connectivity index (χ0v) is 17.6. The van der Waals surface area contributed by atoms with E-state index < -0.39 is 0 Å². The van der Waals surface area contributed by atoms with Crippen molar-refractivity contribution >= 4 is 34.9 Å². The summed E-state index contributed by atoms with van der Waals surface area (Å²) in [6, 6.07) is 12.4. The van der Waals surface area contributed by atoms with Crippen LogP contribution in [0.15, 0.2) is 36.4 Å². The first-order valence-corrected chi connectivity index (χ1v) is 10.7. The number of anilines is 3. The van der Waals surface area contributed by atoms with Gasteiger partial charge in [0.2, 0.25) is 5.95 Å². The van der Waals surface area contributed by atoms with E-state index in [-0.39, 0.29) is 6.04 Å². The molecule has 0 amide bonds. The Kier molecular flexibility index (Phi) is 6.41. The molecule has 2 N–H and O–H groups in total. The predicted molar refractivity (Wildman–Crippen MR) is 121 cm³/mol. The SMILES string of the molecule is CC(NC(=S)Nc1nc(N2CCCC2)cc(N2CCOCC2)n1)c1ccccc1. The van der Waals surface area contributed by atoms with E-state index in [1.165, 1.54) is 18.4 Å². The molecule has 0 saturated carbocycles. The molecule has 29 heavy (non-hydrogen) atoms. The normalized spacial score (nSPS) is 17.8. The van der Waals surface area contributed by atoms with Gasteiger partial charge in [0.15, 0.2) is 5.11 Å². The van der Waals surface area contributed by atoms with Crippen LogP contribution in [-0.2, 0) is 4.74 Å². The van der Waals surface area contributed by atoms with Gasteiger partial charge in [-0.3, -0.25) is 0 Å². The number of aromatic nitrogens is 2.